The van der Waals surface area contributed by atoms with Crippen molar-refractivity contribution in [1.82, 2.24) is 9.38 Å². The van der Waals surface area contributed by atoms with E-state index in [9.17, 15) is 0 Å². The smallest absolute Gasteiger partial charge is 0.156 e. The molecule has 0 aliphatic rings. The fourth-order valence-electron chi connectivity index (χ4n) is 2.68. The van der Waals surface area contributed by atoms with E-state index in [0.29, 0.717) is 0 Å². The fourth-order valence-corrected chi connectivity index (χ4v) is 3.43. The zero-order valence-electron chi connectivity index (χ0n) is 11.9. The Hall–Kier alpha value is -2.33. The molecule has 0 unspecified atom stereocenters. The van der Waals surface area contributed by atoms with E-state index in [1.807, 2.05) is 0 Å². The monoisotopic (exact) mass is 293 g/mol. The van der Waals surface area contributed by atoms with Crippen molar-refractivity contribution in [3.8, 4) is 0 Å². The minimum atomic E-state index is 0.905. The molecular formula is C17H15N3S. The highest BCUT2D eigenvalue weighted by molar-refractivity contribution is 7.16. The van der Waals surface area contributed by atoms with Crippen molar-refractivity contribution in [2.45, 2.75) is 13.8 Å². The second-order valence-electron chi connectivity index (χ2n) is 5.28. The quantitative estimate of drug-likeness (QED) is 0.569. The normalized spacial score (nSPS) is 11.3. The van der Waals surface area contributed by atoms with E-state index >= 15 is 0 Å². The van der Waals surface area contributed by atoms with Gasteiger partial charge in [-0.2, -0.15) is 0 Å². The Morgan fingerprint density at radius 2 is 2.00 bits per heavy atom. The van der Waals surface area contributed by atoms with Gasteiger partial charge in [0.15, 0.2) is 5.82 Å². The average Bonchev–Trinajstić information content (AvgIpc) is 3.09. The topological polar surface area (TPSA) is 29.3 Å². The first-order valence-corrected chi connectivity index (χ1v) is 7.79. The number of aryl methyl sites for hydroxylation is 2. The van der Waals surface area contributed by atoms with Crippen LogP contribution in [0.4, 0.5) is 11.5 Å². The largest absolute Gasteiger partial charge is 0.338 e. The molecule has 0 saturated carbocycles. The minimum absolute atomic E-state index is 0.905. The molecule has 0 radical (unpaired) electrons. The first-order chi connectivity index (χ1) is 10.2. The standard InChI is InChI=1S/C17H15N3S/c1-11-5-6-13(12(2)10-11)18-16-14-4-3-8-20(14)15-7-9-21-17(15)19-16/h3-10H,1-2H3,(H,18,19). The summed E-state index contributed by atoms with van der Waals surface area (Å²) in [7, 11) is 0. The van der Waals surface area contributed by atoms with Crippen LogP contribution in [0.5, 0.6) is 0 Å². The predicted molar refractivity (Wildman–Crippen MR) is 89.8 cm³/mol. The van der Waals surface area contributed by atoms with Crippen molar-refractivity contribution in [3.63, 3.8) is 0 Å². The molecule has 0 fully saturated rings. The van der Waals surface area contributed by atoms with Gasteiger partial charge in [-0.15, -0.1) is 11.3 Å². The van der Waals surface area contributed by atoms with E-state index in [-0.39, 0.29) is 0 Å². The van der Waals surface area contributed by atoms with Crippen molar-refractivity contribution < 1.29 is 0 Å². The van der Waals surface area contributed by atoms with Crippen LogP contribution in [0.2, 0.25) is 0 Å². The van der Waals surface area contributed by atoms with E-state index in [1.165, 1.54) is 11.1 Å². The van der Waals surface area contributed by atoms with Crippen LogP contribution in [0, 0.1) is 13.8 Å². The minimum Gasteiger partial charge on any atom is -0.338 e. The van der Waals surface area contributed by atoms with E-state index < -0.39 is 0 Å². The molecule has 4 rings (SSSR count). The summed E-state index contributed by atoms with van der Waals surface area (Å²) in [5.74, 6) is 0.905. The maximum atomic E-state index is 4.78. The zero-order valence-corrected chi connectivity index (χ0v) is 12.7. The first-order valence-electron chi connectivity index (χ1n) is 6.91. The van der Waals surface area contributed by atoms with Gasteiger partial charge in [-0.25, -0.2) is 4.98 Å². The summed E-state index contributed by atoms with van der Waals surface area (Å²) in [4.78, 5) is 5.83. The second-order valence-corrected chi connectivity index (χ2v) is 6.17. The van der Waals surface area contributed by atoms with Crippen LogP contribution >= 0.6 is 11.3 Å². The highest BCUT2D eigenvalue weighted by Crippen LogP contribution is 2.29. The fraction of sp³-hybridized carbons (Fsp3) is 0.118. The van der Waals surface area contributed by atoms with Crippen molar-refractivity contribution in [2.75, 3.05) is 5.32 Å². The molecule has 0 atom stereocenters. The Morgan fingerprint density at radius 3 is 2.86 bits per heavy atom. The molecule has 3 heterocycles. The maximum absolute atomic E-state index is 4.78. The summed E-state index contributed by atoms with van der Waals surface area (Å²) in [5.41, 5.74) is 5.86. The van der Waals surface area contributed by atoms with E-state index in [4.69, 9.17) is 4.98 Å². The number of hydrogen-bond acceptors (Lipinski definition) is 3. The van der Waals surface area contributed by atoms with Gasteiger partial charge in [0, 0.05) is 11.9 Å². The number of fused-ring (bicyclic) bond motifs is 3. The molecule has 4 heteroatoms. The Kier molecular flexibility index (Phi) is 2.72. The van der Waals surface area contributed by atoms with E-state index in [2.05, 4.69) is 71.5 Å². The van der Waals surface area contributed by atoms with Crippen LogP contribution in [-0.4, -0.2) is 9.38 Å². The molecule has 3 aromatic heterocycles. The van der Waals surface area contributed by atoms with Gasteiger partial charge >= 0.3 is 0 Å². The van der Waals surface area contributed by atoms with Gasteiger partial charge in [0.25, 0.3) is 0 Å². The molecule has 1 N–H and O–H groups in total. The molecule has 0 spiro atoms. The van der Waals surface area contributed by atoms with Gasteiger partial charge in [0.05, 0.1) is 11.0 Å². The molecule has 4 aromatic rings. The van der Waals surface area contributed by atoms with Gasteiger partial charge in [-0.05, 0) is 49.1 Å². The number of benzene rings is 1. The van der Waals surface area contributed by atoms with Crippen LogP contribution in [0.15, 0.2) is 48.0 Å². The Bertz CT molecular complexity index is 949. The number of nitrogens with zero attached hydrogens (tertiary/aromatic N) is 2. The summed E-state index contributed by atoms with van der Waals surface area (Å²) in [6.45, 7) is 4.23. The van der Waals surface area contributed by atoms with Crippen LogP contribution < -0.4 is 5.32 Å². The van der Waals surface area contributed by atoms with Crippen molar-refractivity contribution >= 4 is 38.7 Å². The van der Waals surface area contributed by atoms with Gasteiger partial charge in [0.2, 0.25) is 0 Å². The average molecular weight is 293 g/mol. The van der Waals surface area contributed by atoms with Crippen LogP contribution in [0.25, 0.3) is 15.9 Å². The third-order valence-corrected chi connectivity index (χ3v) is 4.52. The molecule has 3 nitrogen and oxygen atoms in total. The maximum Gasteiger partial charge on any atom is 0.156 e. The summed E-state index contributed by atoms with van der Waals surface area (Å²) in [6, 6.07) is 12.7. The lowest BCUT2D eigenvalue weighted by Crippen LogP contribution is -1.99. The Morgan fingerprint density at radius 1 is 1.10 bits per heavy atom. The van der Waals surface area contributed by atoms with Gasteiger partial charge in [0.1, 0.15) is 4.83 Å². The number of hydrogen-bond donors (Lipinski definition) is 1. The van der Waals surface area contributed by atoms with E-state index in [0.717, 1.165) is 27.4 Å². The summed E-state index contributed by atoms with van der Waals surface area (Å²) in [6.07, 6.45) is 2.08. The number of aromatic nitrogens is 2. The lowest BCUT2D eigenvalue weighted by molar-refractivity contribution is 1.23. The molecule has 0 aliphatic carbocycles. The number of rotatable bonds is 2. The molecule has 0 amide bonds. The third-order valence-electron chi connectivity index (χ3n) is 3.72. The molecule has 0 bridgehead atoms. The highest BCUT2D eigenvalue weighted by atomic mass is 32.1. The first kappa shape index (κ1) is 12.4. The Balaban J connectivity index is 1.90. The van der Waals surface area contributed by atoms with Crippen LogP contribution in [-0.2, 0) is 0 Å². The van der Waals surface area contributed by atoms with Crippen LogP contribution in [0.3, 0.4) is 0 Å². The molecule has 0 aliphatic heterocycles. The lowest BCUT2D eigenvalue weighted by atomic mass is 10.1. The van der Waals surface area contributed by atoms with Gasteiger partial charge in [-0.3, -0.25) is 0 Å². The van der Waals surface area contributed by atoms with Crippen molar-refractivity contribution in [2.24, 2.45) is 0 Å². The highest BCUT2D eigenvalue weighted by Gasteiger charge is 2.10. The van der Waals surface area contributed by atoms with Crippen LogP contribution in [0.1, 0.15) is 11.1 Å². The Labute approximate surface area is 126 Å². The summed E-state index contributed by atoms with van der Waals surface area (Å²) < 4.78 is 2.19. The second kappa shape index (κ2) is 4.60. The molecule has 104 valence electrons. The SMILES string of the molecule is Cc1ccc(Nc2nc3sccc3n3cccc23)c(C)c1. The van der Waals surface area contributed by atoms with E-state index in [1.54, 1.807) is 11.3 Å². The van der Waals surface area contributed by atoms with Crippen molar-refractivity contribution in [3.05, 3.63) is 59.1 Å². The summed E-state index contributed by atoms with van der Waals surface area (Å²) in [5, 5.41) is 5.57. The van der Waals surface area contributed by atoms with Gasteiger partial charge < -0.3 is 9.72 Å². The predicted octanol–water partition coefficient (Wildman–Crippen LogP) is 4.91. The number of nitrogens with one attached hydrogen (secondary N) is 1. The third kappa shape index (κ3) is 1.99. The number of anilines is 2. The molecule has 1 aromatic carbocycles. The van der Waals surface area contributed by atoms with Crippen molar-refractivity contribution in [1.29, 1.82) is 0 Å². The molecule has 21 heavy (non-hydrogen) atoms. The molecule has 0 saturated heterocycles. The number of thiophene rings is 1. The molecular weight excluding hydrogens is 278 g/mol. The summed E-state index contributed by atoms with van der Waals surface area (Å²) >= 11 is 1.66. The lowest BCUT2D eigenvalue weighted by Gasteiger charge is -2.11. The van der Waals surface area contributed by atoms with Gasteiger partial charge in [-0.1, -0.05) is 17.7 Å². The zero-order chi connectivity index (χ0) is 14.4.